The number of aromatic nitrogens is 4. The molecule has 0 aromatic carbocycles. The van der Waals surface area contributed by atoms with Crippen LogP contribution in [0.2, 0.25) is 0 Å². The van der Waals surface area contributed by atoms with Gasteiger partial charge >= 0.3 is 0 Å². The lowest BCUT2D eigenvalue weighted by Gasteiger charge is -2.29. The Morgan fingerprint density at radius 1 is 1.23 bits per heavy atom. The van der Waals surface area contributed by atoms with E-state index in [0.29, 0.717) is 54.2 Å². The number of carbonyl (C=O) groups excluding carboxylic acids is 2. The third-order valence-corrected chi connectivity index (χ3v) is 8.72. The molecule has 5 rings (SSSR count). The molecule has 2 amide bonds. The molecule has 0 saturated carbocycles. The predicted octanol–water partition coefficient (Wildman–Crippen LogP) is 3.46. The van der Waals surface area contributed by atoms with E-state index in [-0.39, 0.29) is 17.9 Å². The second kappa shape index (κ2) is 11.7. The van der Waals surface area contributed by atoms with Gasteiger partial charge in [0.25, 0.3) is 0 Å². The van der Waals surface area contributed by atoms with Gasteiger partial charge in [-0.25, -0.2) is 14.5 Å². The molecule has 1 aliphatic heterocycles. The maximum absolute atomic E-state index is 13.0. The van der Waals surface area contributed by atoms with Crippen LogP contribution in [0.5, 0.6) is 0 Å². The number of carbonyl (C=O) groups is 2. The second-order valence-corrected chi connectivity index (χ2v) is 11.1. The van der Waals surface area contributed by atoms with Crippen LogP contribution in [-0.4, -0.2) is 75.6 Å². The number of nitrogens with zero attached hydrogens (tertiary/aromatic N) is 6. The maximum atomic E-state index is 13.0. The van der Waals surface area contributed by atoms with Crippen molar-refractivity contribution in [1.82, 2.24) is 29.8 Å². The number of rotatable bonds is 10. The summed E-state index contributed by atoms with van der Waals surface area (Å²) in [4.78, 5) is 41.0. The summed E-state index contributed by atoms with van der Waals surface area (Å²) in [7, 11) is 1.66. The van der Waals surface area contributed by atoms with Crippen LogP contribution in [0.25, 0.3) is 27.5 Å². The van der Waals surface area contributed by atoms with Gasteiger partial charge in [-0.2, -0.15) is 5.10 Å². The third-order valence-electron chi connectivity index (χ3n) is 7.83. The van der Waals surface area contributed by atoms with Gasteiger partial charge < -0.3 is 20.9 Å². The van der Waals surface area contributed by atoms with Crippen molar-refractivity contribution >= 4 is 34.6 Å². The molecule has 40 heavy (non-hydrogen) atoms. The van der Waals surface area contributed by atoms with Gasteiger partial charge in [0.05, 0.1) is 33.9 Å². The first-order chi connectivity index (χ1) is 19.3. The molecule has 4 aromatic rings. The monoisotopic (exact) mass is 560 g/mol. The van der Waals surface area contributed by atoms with E-state index < -0.39 is 5.91 Å². The largest absolute Gasteiger partial charge is 0.366 e. The summed E-state index contributed by atoms with van der Waals surface area (Å²) in [5, 5.41) is 9.30. The first kappa shape index (κ1) is 27.7. The first-order valence-corrected chi connectivity index (χ1v) is 14.6. The van der Waals surface area contributed by atoms with Crippen molar-refractivity contribution < 1.29 is 9.59 Å². The fourth-order valence-corrected chi connectivity index (χ4v) is 6.33. The van der Waals surface area contributed by atoms with E-state index in [0.717, 1.165) is 29.2 Å². The molecule has 0 aliphatic carbocycles. The normalized spacial score (nSPS) is 16.1. The van der Waals surface area contributed by atoms with Gasteiger partial charge in [-0.3, -0.25) is 9.59 Å². The molecule has 0 radical (unpaired) electrons. The molecular formula is C29H36N8O2S. The van der Waals surface area contributed by atoms with Crippen molar-refractivity contribution in [2.75, 3.05) is 38.1 Å². The third kappa shape index (κ3) is 5.31. The summed E-state index contributed by atoms with van der Waals surface area (Å²) in [6.45, 7) is 9.41. The summed E-state index contributed by atoms with van der Waals surface area (Å²) in [6, 6.07) is 7.91. The van der Waals surface area contributed by atoms with E-state index in [1.807, 2.05) is 29.8 Å². The second-order valence-electron chi connectivity index (χ2n) is 10.2. The van der Waals surface area contributed by atoms with Crippen LogP contribution in [0.15, 0.2) is 42.0 Å². The molecule has 4 aromatic heterocycles. The predicted molar refractivity (Wildman–Crippen MR) is 159 cm³/mol. The minimum atomic E-state index is -0.502. The summed E-state index contributed by atoms with van der Waals surface area (Å²) in [5.41, 5.74) is 10.1. The maximum Gasteiger partial charge on any atom is 0.249 e. The van der Waals surface area contributed by atoms with Crippen LogP contribution in [0.1, 0.15) is 43.1 Å². The van der Waals surface area contributed by atoms with Gasteiger partial charge in [0.2, 0.25) is 11.8 Å². The van der Waals surface area contributed by atoms with Gasteiger partial charge in [0.1, 0.15) is 5.82 Å². The highest BCUT2D eigenvalue weighted by Crippen LogP contribution is 2.34. The molecule has 10 nitrogen and oxygen atoms in total. The molecule has 1 aliphatic rings. The number of anilines is 1. The number of pyridine rings is 1. The Bertz CT molecular complexity index is 1510. The first-order valence-electron chi connectivity index (χ1n) is 13.8. The number of likely N-dealkylation sites (N-methyl/N-ethyl adjacent to an activating group) is 1. The Morgan fingerprint density at radius 3 is 2.70 bits per heavy atom. The molecule has 11 heteroatoms. The number of hydrogen-bond donors (Lipinski definition) is 2. The Kier molecular flexibility index (Phi) is 8.13. The Hall–Kier alpha value is -3.83. The number of hydrogen-bond acceptors (Lipinski definition) is 8. The molecule has 0 spiro atoms. The zero-order chi connectivity index (χ0) is 28.4. The quantitative estimate of drug-likeness (QED) is 0.305. The summed E-state index contributed by atoms with van der Waals surface area (Å²) < 4.78 is 1.71. The number of nitrogens with two attached hydrogens (primary N) is 1. The van der Waals surface area contributed by atoms with Crippen LogP contribution in [0.4, 0.5) is 5.82 Å². The smallest absolute Gasteiger partial charge is 0.249 e. The van der Waals surface area contributed by atoms with Crippen LogP contribution in [-0.2, 0) is 11.2 Å². The molecule has 210 valence electrons. The highest BCUT2D eigenvalue weighted by atomic mass is 32.1. The highest BCUT2D eigenvalue weighted by molar-refractivity contribution is 7.13. The van der Waals surface area contributed by atoms with Crippen molar-refractivity contribution in [1.29, 1.82) is 0 Å². The van der Waals surface area contributed by atoms with Crippen LogP contribution in [0.3, 0.4) is 0 Å². The van der Waals surface area contributed by atoms with E-state index in [1.165, 1.54) is 0 Å². The van der Waals surface area contributed by atoms with Gasteiger partial charge in [-0.05, 0) is 56.4 Å². The van der Waals surface area contributed by atoms with E-state index >= 15 is 0 Å². The van der Waals surface area contributed by atoms with Gasteiger partial charge in [0, 0.05) is 43.5 Å². The van der Waals surface area contributed by atoms with Crippen LogP contribution < -0.4 is 16.0 Å². The minimum Gasteiger partial charge on any atom is -0.366 e. The molecule has 0 bridgehead atoms. The Morgan fingerprint density at radius 2 is 2.02 bits per heavy atom. The average Bonchev–Trinajstić information content (AvgIpc) is 3.74. The highest BCUT2D eigenvalue weighted by Gasteiger charge is 2.32. The van der Waals surface area contributed by atoms with E-state index in [1.54, 1.807) is 35.2 Å². The summed E-state index contributed by atoms with van der Waals surface area (Å²) in [5.74, 6) is 0.0650. The van der Waals surface area contributed by atoms with Crippen molar-refractivity contribution in [2.24, 2.45) is 11.7 Å². The van der Waals surface area contributed by atoms with Crippen molar-refractivity contribution in [2.45, 2.75) is 39.7 Å². The molecular weight excluding hydrogens is 524 g/mol. The van der Waals surface area contributed by atoms with Crippen molar-refractivity contribution in [3.8, 4) is 21.8 Å². The van der Waals surface area contributed by atoms with Gasteiger partial charge in [-0.15, -0.1) is 11.3 Å². The number of fused-ring (bicyclic) bond motifs is 1. The van der Waals surface area contributed by atoms with Gasteiger partial charge in [-0.1, -0.05) is 19.9 Å². The standard InChI is InChI=1S/C29H36N8O2S/c1-5-35(6-2)18(3)14-21-20(26(30)38)15-24(34-27(21)36-11-9-19(17-36)29(39)31-4)22-16-32-37-12-10-23(33-28(22)37)25-8-7-13-40-25/h7-8,10,12-13,15-16,18-19H,5-6,9,11,14,17H2,1-4H3,(H2,30,38)(H,31,39)/t18-,19+/m0/s1. The number of primary amides is 1. The lowest BCUT2D eigenvalue weighted by molar-refractivity contribution is -0.123. The SMILES string of the molecule is CCN(CC)[C@@H](C)Cc1c(C(N)=O)cc(-c2cnn3ccc(-c4cccs4)nc23)nc1N1CC[C@@H](C(=O)NC)C1. The van der Waals surface area contributed by atoms with Crippen molar-refractivity contribution in [3.05, 3.63) is 53.2 Å². The van der Waals surface area contributed by atoms with E-state index in [4.69, 9.17) is 15.7 Å². The molecule has 1 fully saturated rings. The van der Waals surface area contributed by atoms with Crippen LogP contribution >= 0.6 is 11.3 Å². The summed E-state index contributed by atoms with van der Waals surface area (Å²) in [6.07, 6.45) is 4.93. The fraction of sp³-hybridized carbons (Fsp3) is 0.414. The Balaban J connectivity index is 1.65. The molecule has 1 saturated heterocycles. The minimum absolute atomic E-state index is 0.0137. The average molecular weight is 561 g/mol. The van der Waals surface area contributed by atoms with E-state index in [2.05, 4.69) is 41.0 Å². The number of nitrogens with one attached hydrogen (secondary N) is 1. The fourth-order valence-electron chi connectivity index (χ4n) is 5.63. The van der Waals surface area contributed by atoms with E-state index in [9.17, 15) is 9.59 Å². The molecule has 0 unspecified atom stereocenters. The van der Waals surface area contributed by atoms with Crippen molar-refractivity contribution in [3.63, 3.8) is 0 Å². The topological polar surface area (TPSA) is 122 Å². The summed E-state index contributed by atoms with van der Waals surface area (Å²) >= 11 is 1.62. The van der Waals surface area contributed by atoms with Crippen LogP contribution in [0, 0.1) is 5.92 Å². The molecule has 2 atom stereocenters. The number of thiophene rings is 1. The zero-order valence-electron chi connectivity index (χ0n) is 23.4. The molecule has 3 N–H and O–H groups in total. The lowest BCUT2D eigenvalue weighted by Crippen LogP contribution is -2.36. The Labute approximate surface area is 238 Å². The lowest BCUT2D eigenvalue weighted by atomic mass is 9.98. The van der Waals surface area contributed by atoms with Gasteiger partial charge in [0.15, 0.2) is 5.65 Å². The number of amides is 2. The zero-order valence-corrected chi connectivity index (χ0v) is 24.2. The molecule has 5 heterocycles.